The molecule has 0 heterocycles. The van der Waals surface area contributed by atoms with Gasteiger partial charge in [-0.2, -0.15) is 13.2 Å². The Morgan fingerprint density at radius 3 is 2.28 bits per heavy atom. The van der Waals surface area contributed by atoms with E-state index < -0.39 is 40.8 Å². The van der Waals surface area contributed by atoms with Crippen molar-refractivity contribution in [3.8, 4) is 0 Å². The van der Waals surface area contributed by atoms with Crippen molar-refractivity contribution in [3.63, 3.8) is 0 Å². The first-order valence-corrected chi connectivity index (χ1v) is 5.36. The van der Waals surface area contributed by atoms with Crippen molar-refractivity contribution in [2.45, 2.75) is 26.9 Å². The summed E-state index contributed by atoms with van der Waals surface area (Å²) >= 11 is 0. The molecule has 2 atom stereocenters. The van der Waals surface area contributed by atoms with Gasteiger partial charge < -0.3 is 0 Å². The summed E-state index contributed by atoms with van der Waals surface area (Å²) in [4.78, 5) is 35.0. The van der Waals surface area contributed by atoms with E-state index in [1.165, 1.54) is 19.9 Å². The summed E-state index contributed by atoms with van der Waals surface area (Å²) in [6, 6.07) is 0. The predicted molar refractivity (Wildman–Crippen MR) is 56.7 cm³/mol. The summed E-state index contributed by atoms with van der Waals surface area (Å²) in [5, 5.41) is 0. The first-order valence-electron chi connectivity index (χ1n) is 5.36. The Hall–Kier alpha value is -1.46. The van der Waals surface area contributed by atoms with E-state index in [2.05, 4.69) is 0 Å². The molecule has 100 valence electrons. The molecule has 1 aliphatic rings. The quantitative estimate of drug-likeness (QED) is 0.716. The Balaban J connectivity index is 3.10. The second-order valence-corrected chi connectivity index (χ2v) is 4.92. The number of alkyl halides is 3. The van der Waals surface area contributed by atoms with E-state index in [4.69, 9.17) is 0 Å². The molecule has 1 rings (SSSR count). The number of rotatable bonds is 2. The normalized spacial score (nSPS) is 25.1. The highest BCUT2D eigenvalue weighted by Crippen LogP contribution is 2.34. The molecule has 0 radical (unpaired) electrons. The minimum atomic E-state index is -4.75. The number of ketones is 3. The molecule has 3 nitrogen and oxygen atoms in total. The number of hydrogen-bond acceptors (Lipinski definition) is 3. The van der Waals surface area contributed by atoms with E-state index in [1.54, 1.807) is 0 Å². The number of Topliss-reactive ketones (excluding diaryl/α,β-unsaturated/α-hetero) is 2. The fraction of sp³-hybridized carbons (Fsp3) is 0.583. The lowest BCUT2D eigenvalue weighted by Crippen LogP contribution is -2.46. The van der Waals surface area contributed by atoms with Crippen LogP contribution in [-0.2, 0) is 14.4 Å². The van der Waals surface area contributed by atoms with Crippen LogP contribution in [0.1, 0.15) is 20.8 Å². The highest BCUT2D eigenvalue weighted by molar-refractivity contribution is 6.26. The fourth-order valence-corrected chi connectivity index (χ4v) is 1.65. The zero-order valence-electron chi connectivity index (χ0n) is 10.2. The van der Waals surface area contributed by atoms with Crippen LogP contribution in [0, 0.1) is 17.3 Å². The maximum atomic E-state index is 12.4. The van der Waals surface area contributed by atoms with Gasteiger partial charge in [0.25, 0.3) is 0 Å². The van der Waals surface area contributed by atoms with E-state index in [9.17, 15) is 27.6 Å². The second-order valence-electron chi connectivity index (χ2n) is 4.92. The molecule has 0 aromatic rings. The lowest BCUT2D eigenvalue weighted by molar-refractivity contribution is -0.180. The van der Waals surface area contributed by atoms with Gasteiger partial charge in [-0.05, 0) is 26.8 Å². The molecule has 0 aliphatic heterocycles. The van der Waals surface area contributed by atoms with Gasteiger partial charge >= 0.3 is 6.18 Å². The van der Waals surface area contributed by atoms with E-state index >= 15 is 0 Å². The lowest BCUT2D eigenvalue weighted by atomic mass is 9.72. The average molecular weight is 262 g/mol. The summed E-state index contributed by atoms with van der Waals surface area (Å²) in [6.07, 6.45) is -2.43. The minimum Gasteiger partial charge on any atom is -0.298 e. The molecular weight excluding hydrogens is 249 g/mol. The summed E-state index contributed by atoms with van der Waals surface area (Å²) in [5.74, 6) is -7.19. The Morgan fingerprint density at radius 1 is 1.33 bits per heavy atom. The topological polar surface area (TPSA) is 51.2 Å². The monoisotopic (exact) mass is 262 g/mol. The molecular formula is C12H13F3O3. The van der Waals surface area contributed by atoms with Crippen LogP contribution in [0.15, 0.2) is 12.2 Å². The molecule has 0 saturated carbocycles. The van der Waals surface area contributed by atoms with Crippen LogP contribution in [0.3, 0.4) is 0 Å². The van der Waals surface area contributed by atoms with Gasteiger partial charge in [0, 0.05) is 5.41 Å². The second kappa shape index (κ2) is 4.33. The SMILES string of the molecule is CC(C(=O)C1C(=O)C=CC(C)(C)C1=O)C(F)(F)F. The predicted octanol–water partition coefficient (Wildman–Crippen LogP) is 2.10. The van der Waals surface area contributed by atoms with Crippen LogP contribution < -0.4 is 0 Å². The van der Waals surface area contributed by atoms with Crippen LogP contribution in [0.5, 0.6) is 0 Å². The van der Waals surface area contributed by atoms with Crippen LogP contribution in [0.2, 0.25) is 0 Å². The third-order valence-corrected chi connectivity index (χ3v) is 3.05. The maximum Gasteiger partial charge on any atom is 0.398 e. The highest BCUT2D eigenvalue weighted by Gasteiger charge is 2.50. The Bertz CT molecular complexity index is 432. The zero-order chi connectivity index (χ0) is 14.3. The van der Waals surface area contributed by atoms with Crippen LogP contribution in [0.25, 0.3) is 0 Å². The third kappa shape index (κ3) is 2.52. The van der Waals surface area contributed by atoms with Crippen molar-refractivity contribution in [3.05, 3.63) is 12.2 Å². The largest absolute Gasteiger partial charge is 0.398 e. The molecule has 0 N–H and O–H groups in total. The van der Waals surface area contributed by atoms with Crippen LogP contribution in [0.4, 0.5) is 13.2 Å². The lowest BCUT2D eigenvalue weighted by Gasteiger charge is -2.29. The van der Waals surface area contributed by atoms with E-state index in [-0.39, 0.29) is 0 Å². The van der Waals surface area contributed by atoms with Crippen molar-refractivity contribution >= 4 is 17.3 Å². The number of allylic oxidation sites excluding steroid dienone is 2. The van der Waals surface area contributed by atoms with Crippen LogP contribution in [-0.4, -0.2) is 23.5 Å². The van der Waals surface area contributed by atoms with Crippen molar-refractivity contribution in [1.82, 2.24) is 0 Å². The van der Waals surface area contributed by atoms with Gasteiger partial charge in [0.05, 0.1) is 0 Å². The number of hydrogen-bond donors (Lipinski definition) is 0. The average Bonchev–Trinajstić information content (AvgIpc) is 2.22. The number of halogens is 3. The highest BCUT2D eigenvalue weighted by atomic mass is 19.4. The molecule has 0 bridgehead atoms. The Morgan fingerprint density at radius 2 is 1.83 bits per heavy atom. The van der Waals surface area contributed by atoms with Crippen molar-refractivity contribution in [1.29, 1.82) is 0 Å². The molecule has 0 aromatic heterocycles. The summed E-state index contributed by atoms with van der Waals surface area (Å²) in [6.45, 7) is 3.57. The van der Waals surface area contributed by atoms with Gasteiger partial charge in [-0.1, -0.05) is 6.08 Å². The molecule has 1 aliphatic carbocycles. The van der Waals surface area contributed by atoms with E-state index in [0.29, 0.717) is 6.92 Å². The molecule has 0 saturated heterocycles. The zero-order valence-corrected chi connectivity index (χ0v) is 10.2. The number of carbonyl (C=O) groups is 3. The first-order chi connectivity index (χ1) is 7.98. The standard InChI is InChI=1S/C12H13F3O3/c1-6(12(13,14)15)9(17)8-7(16)4-5-11(2,3)10(8)18/h4-6,8H,1-3H3. The summed E-state index contributed by atoms with van der Waals surface area (Å²) in [5.41, 5.74) is -1.10. The van der Waals surface area contributed by atoms with Gasteiger partial charge in [0.1, 0.15) is 11.8 Å². The van der Waals surface area contributed by atoms with Crippen molar-refractivity contribution in [2.24, 2.45) is 17.3 Å². The fourth-order valence-electron chi connectivity index (χ4n) is 1.65. The number of carbonyl (C=O) groups excluding carboxylic acids is 3. The van der Waals surface area contributed by atoms with E-state index in [1.807, 2.05) is 0 Å². The molecule has 0 amide bonds. The maximum absolute atomic E-state index is 12.4. The van der Waals surface area contributed by atoms with Crippen LogP contribution >= 0.6 is 0 Å². The van der Waals surface area contributed by atoms with E-state index in [0.717, 1.165) is 6.08 Å². The minimum absolute atomic E-state index is 0.661. The van der Waals surface area contributed by atoms with Gasteiger partial charge in [0.15, 0.2) is 17.3 Å². The molecule has 0 fully saturated rings. The van der Waals surface area contributed by atoms with Gasteiger partial charge in [0.2, 0.25) is 0 Å². The van der Waals surface area contributed by atoms with Gasteiger partial charge in [-0.3, -0.25) is 14.4 Å². The van der Waals surface area contributed by atoms with Crippen molar-refractivity contribution < 1.29 is 27.6 Å². The summed E-state index contributed by atoms with van der Waals surface area (Å²) in [7, 11) is 0. The molecule has 18 heavy (non-hydrogen) atoms. The summed E-state index contributed by atoms with van der Waals surface area (Å²) < 4.78 is 37.3. The Kier molecular flexibility index (Phi) is 3.51. The third-order valence-electron chi connectivity index (χ3n) is 3.05. The smallest absolute Gasteiger partial charge is 0.298 e. The molecule has 0 spiro atoms. The van der Waals surface area contributed by atoms with Gasteiger partial charge in [-0.15, -0.1) is 0 Å². The molecule has 6 heteroatoms. The molecule has 0 aromatic carbocycles. The molecule has 2 unspecified atom stereocenters. The first kappa shape index (κ1) is 14.6. The van der Waals surface area contributed by atoms with Gasteiger partial charge in [-0.25, -0.2) is 0 Å². The van der Waals surface area contributed by atoms with Crippen molar-refractivity contribution in [2.75, 3.05) is 0 Å². The Labute approximate surface area is 102 Å².